The third-order valence-electron chi connectivity index (χ3n) is 4.77. The summed E-state index contributed by atoms with van der Waals surface area (Å²) in [4.78, 5) is 24.3. The summed E-state index contributed by atoms with van der Waals surface area (Å²) in [5.41, 5.74) is 7.00. The molecule has 0 atom stereocenters. The summed E-state index contributed by atoms with van der Waals surface area (Å²) in [5.74, 6) is -1.67. The van der Waals surface area contributed by atoms with Crippen molar-refractivity contribution in [1.82, 2.24) is 15.2 Å². The molecule has 0 spiro atoms. The summed E-state index contributed by atoms with van der Waals surface area (Å²) in [6.07, 6.45) is 3.29. The molecule has 2 amide bonds. The average molecular weight is 502 g/mol. The summed E-state index contributed by atoms with van der Waals surface area (Å²) < 4.78 is 2.70. The van der Waals surface area contributed by atoms with E-state index in [1.54, 1.807) is 16.8 Å². The summed E-state index contributed by atoms with van der Waals surface area (Å²) in [5, 5.41) is 11.2. The van der Waals surface area contributed by atoms with Gasteiger partial charge in [-0.2, -0.15) is 10.2 Å². The number of amides is 2. The van der Waals surface area contributed by atoms with Crippen LogP contribution in [0.4, 0.5) is 5.69 Å². The minimum Gasteiger partial charge on any atom is -0.318 e. The van der Waals surface area contributed by atoms with Gasteiger partial charge in [-0.1, -0.05) is 64.0 Å². The van der Waals surface area contributed by atoms with Crippen molar-refractivity contribution in [2.75, 3.05) is 5.32 Å². The molecule has 0 aliphatic carbocycles. The molecule has 164 valence electrons. The molecular weight excluding hydrogens is 482 g/mol. The van der Waals surface area contributed by atoms with Crippen LogP contribution in [-0.2, 0) is 9.59 Å². The van der Waals surface area contributed by atoms with Crippen molar-refractivity contribution >= 4 is 39.6 Å². The molecule has 1 heterocycles. The summed E-state index contributed by atoms with van der Waals surface area (Å²) in [6, 6.07) is 24.5. The van der Waals surface area contributed by atoms with Crippen molar-refractivity contribution in [2.45, 2.75) is 6.92 Å². The van der Waals surface area contributed by atoms with Crippen LogP contribution in [0.25, 0.3) is 16.9 Å². The number of hydrogen-bond donors (Lipinski definition) is 2. The predicted octanol–water partition coefficient (Wildman–Crippen LogP) is 4.70. The number of nitrogens with one attached hydrogen (secondary N) is 2. The Morgan fingerprint density at radius 2 is 1.64 bits per heavy atom. The molecule has 0 saturated heterocycles. The van der Waals surface area contributed by atoms with Crippen LogP contribution in [0, 0.1) is 6.92 Å². The van der Waals surface area contributed by atoms with Gasteiger partial charge in [0.2, 0.25) is 0 Å². The van der Waals surface area contributed by atoms with Crippen LogP contribution >= 0.6 is 15.9 Å². The standard InChI is InChI=1S/C25H20BrN5O2/c1-17-7-13-21(14-8-17)28-24(32)25(33)29-27-15-19-16-31(22-5-3-2-4-6-22)30-23(19)18-9-11-20(26)12-10-18/h2-16H,1H3,(H,28,32)(H,29,33)/b27-15-. The molecule has 0 aliphatic heterocycles. The number of rotatable bonds is 5. The maximum atomic E-state index is 12.2. The van der Waals surface area contributed by atoms with Gasteiger partial charge < -0.3 is 5.32 Å². The lowest BCUT2D eigenvalue weighted by molar-refractivity contribution is -0.136. The molecule has 0 bridgehead atoms. The molecule has 0 unspecified atom stereocenters. The molecule has 4 aromatic rings. The first-order valence-electron chi connectivity index (χ1n) is 10.1. The molecule has 0 fully saturated rings. The van der Waals surface area contributed by atoms with Crippen LogP contribution in [0.15, 0.2) is 94.6 Å². The van der Waals surface area contributed by atoms with E-state index in [9.17, 15) is 9.59 Å². The number of nitrogens with zero attached hydrogens (tertiary/aromatic N) is 3. The zero-order valence-corrected chi connectivity index (χ0v) is 19.3. The average Bonchev–Trinajstić information content (AvgIpc) is 3.25. The number of aryl methyl sites for hydroxylation is 1. The monoisotopic (exact) mass is 501 g/mol. The van der Waals surface area contributed by atoms with Crippen molar-refractivity contribution in [3.8, 4) is 16.9 Å². The van der Waals surface area contributed by atoms with E-state index >= 15 is 0 Å². The largest absolute Gasteiger partial charge is 0.329 e. The van der Waals surface area contributed by atoms with E-state index in [2.05, 4.69) is 31.8 Å². The maximum absolute atomic E-state index is 12.2. The molecule has 8 heteroatoms. The number of carbonyl (C=O) groups excluding carboxylic acids is 2. The van der Waals surface area contributed by atoms with Crippen molar-refractivity contribution in [2.24, 2.45) is 5.10 Å². The lowest BCUT2D eigenvalue weighted by atomic mass is 10.1. The van der Waals surface area contributed by atoms with E-state index in [1.165, 1.54) is 6.21 Å². The highest BCUT2D eigenvalue weighted by molar-refractivity contribution is 9.10. The Morgan fingerprint density at radius 1 is 0.939 bits per heavy atom. The predicted molar refractivity (Wildman–Crippen MR) is 132 cm³/mol. The van der Waals surface area contributed by atoms with Crippen molar-refractivity contribution in [1.29, 1.82) is 0 Å². The Kier molecular flexibility index (Phi) is 6.75. The van der Waals surface area contributed by atoms with Crippen molar-refractivity contribution < 1.29 is 9.59 Å². The van der Waals surface area contributed by atoms with Gasteiger partial charge in [0.1, 0.15) is 5.69 Å². The number of benzene rings is 3. The Labute approximate surface area is 199 Å². The van der Waals surface area contributed by atoms with Gasteiger partial charge >= 0.3 is 11.8 Å². The molecule has 0 saturated carbocycles. The van der Waals surface area contributed by atoms with Gasteiger partial charge in [-0.25, -0.2) is 10.1 Å². The second kappa shape index (κ2) is 10.1. The zero-order chi connectivity index (χ0) is 23.2. The third-order valence-corrected chi connectivity index (χ3v) is 5.29. The van der Waals surface area contributed by atoms with Gasteiger partial charge in [-0.3, -0.25) is 9.59 Å². The van der Waals surface area contributed by atoms with Crippen LogP contribution in [-0.4, -0.2) is 27.8 Å². The first-order chi connectivity index (χ1) is 16.0. The van der Waals surface area contributed by atoms with Gasteiger partial charge in [0.15, 0.2) is 0 Å². The van der Waals surface area contributed by atoms with E-state index in [-0.39, 0.29) is 0 Å². The molecule has 7 nitrogen and oxygen atoms in total. The Balaban J connectivity index is 1.52. The minimum atomic E-state index is -0.868. The van der Waals surface area contributed by atoms with E-state index in [4.69, 9.17) is 5.10 Å². The number of carbonyl (C=O) groups is 2. The second-order valence-corrected chi connectivity index (χ2v) is 8.16. The fourth-order valence-electron chi connectivity index (χ4n) is 3.06. The summed E-state index contributed by atoms with van der Waals surface area (Å²) in [7, 11) is 0. The Bertz CT molecular complexity index is 1300. The minimum absolute atomic E-state index is 0.534. The second-order valence-electron chi connectivity index (χ2n) is 7.24. The first-order valence-corrected chi connectivity index (χ1v) is 10.9. The fraction of sp³-hybridized carbons (Fsp3) is 0.0400. The van der Waals surface area contributed by atoms with Gasteiger partial charge in [0.05, 0.1) is 11.9 Å². The zero-order valence-electron chi connectivity index (χ0n) is 17.7. The molecule has 2 N–H and O–H groups in total. The highest BCUT2D eigenvalue weighted by Gasteiger charge is 2.14. The smallest absolute Gasteiger partial charge is 0.318 e. The lowest BCUT2D eigenvalue weighted by Gasteiger charge is -2.04. The van der Waals surface area contributed by atoms with Gasteiger partial charge in [0.25, 0.3) is 0 Å². The third kappa shape index (κ3) is 5.61. The molecule has 0 radical (unpaired) electrons. The number of anilines is 1. The highest BCUT2D eigenvalue weighted by atomic mass is 79.9. The molecule has 3 aromatic carbocycles. The molecule has 0 aliphatic rings. The van der Waals surface area contributed by atoms with Crippen molar-refractivity contribution in [3.05, 3.63) is 101 Å². The highest BCUT2D eigenvalue weighted by Crippen LogP contribution is 2.24. The maximum Gasteiger partial charge on any atom is 0.329 e. The van der Waals surface area contributed by atoms with Crippen LogP contribution in [0.2, 0.25) is 0 Å². The topological polar surface area (TPSA) is 88.4 Å². The van der Waals surface area contributed by atoms with E-state index in [0.717, 1.165) is 21.3 Å². The van der Waals surface area contributed by atoms with Crippen LogP contribution < -0.4 is 10.7 Å². The van der Waals surface area contributed by atoms with E-state index < -0.39 is 11.8 Å². The fourth-order valence-corrected chi connectivity index (χ4v) is 3.33. The molecule has 4 rings (SSSR count). The number of para-hydroxylation sites is 1. The van der Waals surface area contributed by atoms with Gasteiger partial charge in [-0.05, 0) is 43.3 Å². The van der Waals surface area contributed by atoms with Crippen molar-refractivity contribution in [3.63, 3.8) is 0 Å². The normalized spacial score (nSPS) is 10.8. The number of aromatic nitrogens is 2. The number of hydrazone groups is 1. The summed E-state index contributed by atoms with van der Waals surface area (Å²) >= 11 is 3.44. The van der Waals surface area contributed by atoms with Gasteiger partial charge in [0, 0.05) is 27.5 Å². The van der Waals surface area contributed by atoms with E-state index in [0.29, 0.717) is 16.9 Å². The van der Waals surface area contributed by atoms with Crippen LogP contribution in [0.5, 0.6) is 0 Å². The first kappa shape index (κ1) is 22.2. The molecule has 1 aromatic heterocycles. The molecule has 33 heavy (non-hydrogen) atoms. The lowest BCUT2D eigenvalue weighted by Crippen LogP contribution is -2.32. The number of halogens is 1. The Morgan fingerprint density at radius 3 is 2.33 bits per heavy atom. The quantitative estimate of drug-likeness (QED) is 0.236. The van der Waals surface area contributed by atoms with Gasteiger partial charge in [-0.15, -0.1) is 0 Å². The van der Waals surface area contributed by atoms with E-state index in [1.807, 2.05) is 79.9 Å². The Hall–Kier alpha value is -4.04. The van der Waals surface area contributed by atoms with Crippen LogP contribution in [0.1, 0.15) is 11.1 Å². The SMILES string of the molecule is Cc1ccc(NC(=O)C(=O)N/N=C\c2cn(-c3ccccc3)nc2-c2ccc(Br)cc2)cc1. The summed E-state index contributed by atoms with van der Waals surface area (Å²) in [6.45, 7) is 1.94. The number of hydrogen-bond acceptors (Lipinski definition) is 4. The van der Waals surface area contributed by atoms with Crippen LogP contribution in [0.3, 0.4) is 0 Å². The molecular formula is C25H20BrN5O2.